The van der Waals surface area contributed by atoms with E-state index in [4.69, 9.17) is 4.74 Å². The van der Waals surface area contributed by atoms with E-state index in [0.717, 1.165) is 5.56 Å². The van der Waals surface area contributed by atoms with Crippen LogP contribution in [0.25, 0.3) is 11.8 Å². The molecule has 0 aliphatic rings. The molecule has 0 fully saturated rings. The van der Waals surface area contributed by atoms with Crippen LogP contribution in [0, 0.1) is 0 Å². The van der Waals surface area contributed by atoms with Gasteiger partial charge in [-0.1, -0.05) is 18.7 Å². The van der Waals surface area contributed by atoms with Gasteiger partial charge in [-0.25, -0.2) is 4.79 Å². The highest BCUT2D eigenvalue weighted by Gasteiger charge is 2.14. The smallest absolute Gasteiger partial charge is 0.340 e. The first-order valence-electron chi connectivity index (χ1n) is 4.97. The van der Waals surface area contributed by atoms with Crippen molar-refractivity contribution in [2.24, 2.45) is 0 Å². The Hall–Kier alpha value is -2.43. The number of benzene rings is 1. The van der Waals surface area contributed by atoms with E-state index in [9.17, 15) is 4.79 Å². The predicted octanol–water partition coefficient (Wildman–Crippen LogP) is 1.70. The number of esters is 1. The monoisotopic (exact) mass is 229 g/mol. The summed E-state index contributed by atoms with van der Waals surface area (Å²) < 4.78 is 4.73. The first-order chi connectivity index (χ1) is 8.26. The summed E-state index contributed by atoms with van der Waals surface area (Å²) in [5.74, 6) is -0.430. The maximum Gasteiger partial charge on any atom is 0.340 e. The van der Waals surface area contributed by atoms with Gasteiger partial charge < -0.3 is 4.74 Å². The molecule has 0 radical (unpaired) electrons. The Morgan fingerprint density at radius 1 is 1.41 bits per heavy atom. The molecule has 5 nitrogen and oxygen atoms in total. The molecule has 0 N–H and O–H groups in total. The van der Waals surface area contributed by atoms with Crippen LogP contribution >= 0.6 is 0 Å². The van der Waals surface area contributed by atoms with E-state index in [1.165, 1.54) is 11.9 Å². The van der Waals surface area contributed by atoms with Gasteiger partial charge in [0, 0.05) is 0 Å². The van der Waals surface area contributed by atoms with Crippen molar-refractivity contribution in [2.75, 3.05) is 7.11 Å². The number of hydrogen-bond acceptors (Lipinski definition) is 4. The van der Waals surface area contributed by atoms with Gasteiger partial charge in [0.15, 0.2) is 0 Å². The van der Waals surface area contributed by atoms with Crippen molar-refractivity contribution in [3.63, 3.8) is 0 Å². The third-order valence-corrected chi connectivity index (χ3v) is 2.30. The van der Waals surface area contributed by atoms with Gasteiger partial charge in [0.25, 0.3) is 0 Å². The molecule has 0 bridgehead atoms. The zero-order chi connectivity index (χ0) is 12.3. The van der Waals surface area contributed by atoms with E-state index in [0.29, 0.717) is 11.3 Å². The summed E-state index contributed by atoms with van der Waals surface area (Å²) in [5.41, 5.74) is 1.81. The third-order valence-electron chi connectivity index (χ3n) is 2.30. The van der Waals surface area contributed by atoms with Crippen LogP contribution in [0.2, 0.25) is 0 Å². The number of methoxy groups -OCH3 is 1. The molecule has 0 amide bonds. The number of aromatic nitrogens is 3. The summed E-state index contributed by atoms with van der Waals surface area (Å²) in [5, 5.41) is 7.98. The Morgan fingerprint density at radius 3 is 2.71 bits per heavy atom. The lowest BCUT2D eigenvalue weighted by molar-refractivity contribution is 0.0600. The normalized spacial score (nSPS) is 9.94. The molecule has 86 valence electrons. The van der Waals surface area contributed by atoms with Gasteiger partial charge in [-0.05, 0) is 17.7 Å². The molecule has 0 saturated carbocycles. The molecule has 1 heterocycles. The Balaban J connectivity index is 2.58. The maximum atomic E-state index is 11.7. The van der Waals surface area contributed by atoms with E-state index in [-0.39, 0.29) is 0 Å². The molecule has 1 aromatic heterocycles. The Labute approximate surface area is 98.3 Å². The summed E-state index contributed by atoms with van der Waals surface area (Å²) in [6.45, 7) is 3.66. The van der Waals surface area contributed by atoms with Crippen LogP contribution in [0.5, 0.6) is 0 Å². The quantitative estimate of drug-likeness (QED) is 0.751. The molecule has 2 aromatic rings. The number of nitrogens with zero attached hydrogens (tertiary/aromatic N) is 3. The van der Waals surface area contributed by atoms with E-state index >= 15 is 0 Å². The van der Waals surface area contributed by atoms with Crippen molar-refractivity contribution in [3.8, 4) is 5.69 Å². The lowest BCUT2D eigenvalue weighted by Gasteiger charge is -2.07. The molecule has 17 heavy (non-hydrogen) atoms. The van der Waals surface area contributed by atoms with Crippen LogP contribution < -0.4 is 0 Å². The molecule has 0 spiro atoms. The van der Waals surface area contributed by atoms with Gasteiger partial charge in [-0.15, -0.1) is 0 Å². The van der Waals surface area contributed by atoms with Gasteiger partial charge >= 0.3 is 5.97 Å². The summed E-state index contributed by atoms with van der Waals surface area (Å²) in [7, 11) is 1.34. The second-order valence-corrected chi connectivity index (χ2v) is 3.29. The fraction of sp³-hybridized carbons (Fsp3) is 0.0833. The van der Waals surface area contributed by atoms with Crippen LogP contribution in [-0.4, -0.2) is 28.1 Å². The van der Waals surface area contributed by atoms with E-state index in [1.807, 2.05) is 6.07 Å². The van der Waals surface area contributed by atoms with Crippen molar-refractivity contribution < 1.29 is 9.53 Å². The first kappa shape index (κ1) is 11.1. The minimum absolute atomic E-state index is 0.404. The SMILES string of the molecule is C=Cc1ccc(-n2nccn2)c(C(=O)OC)c1. The highest BCUT2D eigenvalue weighted by atomic mass is 16.5. The van der Waals surface area contributed by atoms with Crippen molar-refractivity contribution in [2.45, 2.75) is 0 Å². The zero-order valence-electron chi connectivity index (χ0n) is 9.33. The van der Waals surface area contributed by atoms with Crippen LogP contribution in [-0.2, 0) is 4.74 Å². The summed E-state index contributed by atoms with van der Waals surface area (Å²) in [4.78, 5) is 13.0. The number of carbonyl (C=O) groups excluding carboxylic acids is 1. The number of ether oxygens (including phenoxy) is 1. The molecule has 0 unspecified atom stereocenters. The summed E-state index contributed by atoms with van der Waals surface area (Å²) in [6, 6.07) is 5.28. The molecule has 2 rings (SSSR count). The standard InChI is InChI=1S/C12H11N3O2/c1-3-9-4-5-11(15-13-6-7-14-15)10(8-9)12(16)17-2/h3-8H,1H2,2H3. The minimum Gasteiger partial charge on any atom is -0.465 e. The lowest BCUT2D eigenvalue weighted by atomic mass is 10.1. The Morgan fingerprint density at radius 2 is 2.12 bits per heavy atom. The molecule has 0 saturated heterocycles. The maximum absolute atomic E-state index is 11.7. The van der Waals surface area contributed by atoms with Crippen molar-refractivity contribution >= 4 is 12.0 Å². The Bertz CT molecular complexity index is 547. The number of hydrogen-bond donors (Lipinski definition) is 0. The molecular formula is C12H11N3O2. The van der Waals surface area contributed by atoms with Gasteiger partial charge in [-0.2, -0.15) is 15.0 Å². The van der Waals surface area contributed by atoms with Gasteiger partial charge in [0.05, 0.1) is 25.1 Å². The van der Waals surface area contributed by atoms with Crippen molar-refractivity contribution in [1.29, 1.82) is 0 Å². The van der Waals surface area contributed by atoms with Crippen LogP contribution in [0.3, 0.4) is 0 Å². The zero-order valence-corrected chi connectivity index (χ0v) is 9.33. The number of rotatable bonds is 3. The molecule has 1 aromatic carbocycles. The largest absolute Gasteiger partial charge is 0.465 e. The highest BCUT2D eigenvalue weighted by molar-refractivity contribution is 5.94. The molecule has 0 aliphatic carbocycles. The molecule has 0 atom stereocenters. The number of carbonyl (C=O) groups is 1. The van der Waals surface area contributed by atoms with Crippen LogP contribution in [0.4, 0.5) is 0 Å². The highest BCUT2D eigenvalue weighted by Crippen LogP contribution is 2.17. The van der Waals surface area contributed by atoms with Crippen LogP contribution in [0.15, 0.2) is 37.2 Å². The molecular weight excluding hydrogens is 218 g/mol. The minimum atomic E-state index is -0.430. The second-order valence-electron chi connectivity index (χ2n) is 3.29. The van der Waals surface area contributed by atoms with Gasteiger partial charge in [-0.3, -0.25) is 0 Å². The molecule has 0 aliphatic heterocycles. The fourth-order valence-electron chi connectivity index (χ4n) is 1.47. The summed E-state index contributed by atoms with van der Waals surface area (Å²) in [6.07, 6.45) is 4.75. The van der Waals surface area contributed by atoms with Crippen LogP contribution in [0.1, 0.15) is 15.9 Å². The average Bonchev–Trinajstić information content (AvgIpc) is 2.90. The van der Waals surface area contributed by atoms with Crippen molar-refractivity contribution in [1.82, 2.24) is 15.0 Å². The van der Waals surface area contributed by atoms with Crippen molar-refractivity contribution in [3.05, 3.63) is 48.3 Å². The molecule has 5 heteroatoms. The van der Waals surface area contributed by atoms with E-state index in [1.54, 1.807) is 30.6 Å². The second kappa shape index (κ2) is 4.61. The Kier molecular flexibility index (Phi) is 3.00. The predicted molar refractivity (Wildman–Crippen MR) is 62.8 cm³/mol. The van der Waals surface area contributed by atoms with E-state index < -0.39 is 5.97 Å². The topological polar surface area (TPSA) is 57.0 Å². The first-order valence-corrected chi connectivity index (χ1v) is 4.97. The van der Waals surface area contributed by atoms with E-state index in [2.05, 4.69) is 16.8 Å². The van der Waals surface area contributed by atoms with Gasteiger partial charge in [0.2, 0.25) is 0 Å². The fourth-order valence-corrected chi connectivity index (χ4v) is 1.47. The van der Waals surface area contributed by atoms with Gasteiger partial charge in [0.1, 0.15) is 5.69 Å². The third kappa shape index (κ3) is 2.08. The lowest BCUT2D eigenvalue weighted by Crippen LogP contribution is -2.10. The average molecular weight is 229 g/mol. The summed E-state index contributed by atoms with van der Waals surface area (Å²) >= 11 is 0.